The minimum Gasteiger partial charge on any atom is -0.297 e. The van der Waals surface area contributed by atoms with E-state index in [0.717, 1.165) is 23.0 Å². The molecular formula is C56H38N4. The van der Waals surface area contributed by atoms with Crippen LogP contribution in [0.5, 0.6) is 0 Å². The van der Waals surface area contributed by atoms with Gasteiger partial charge >= 0.3 is 0 Å². The molecule has 2 heterocycles. The number of fused-ring (bicyclic) bond motifs is 17. The summed E-state index contributed by atoms with van der Waals surface area (Å²) in [7, 11) is 0. The Kier molecular flexibility index (Phi) is 6.68. The molecule has 0 amide bonds. The van der Waals surface area contributed by atoms with Crippen molar-refractivity contribution < 1.29 is 0 Å². The molecule has 0 radical (unpaired) electrons. The molecule has 0 fully saturated rings. The molecule has 4 aliphatic carbocycles. The Morgan fingerprint density at radius 3 is 1.23 bits per heavy atom. The lowest BCUT2D eigenvalue weighted by Crippen LogP contribution is -2.27. The van der Waals surface area contributed by atoms with Gasteiger partial charge in [0.25, 0.3) is 0 Å². The van der Waals surface area contributed by atoms with Gasteiger partial charge in [0.15, 0.2) is 11.6 Å². The zero-order valence-corrected chi connectivity index (χ0v) is 33.3. The van der Waals surface area contributed by atoms with E-state index in [4.69, 9.17) is 9.97 Å². The molecule has 1 atom stereocenters. The van der Waals surface area contributed by atoms with E-state index in [1.54, 1.807) is 0 Å². The predicted molar refractivity (Wildman–Crippen MR) is 242 cm³/mol. The fourth-order valence-electron chi connectivity index (χ4n) is 11.7. The third-order valence-electron chi connectivity index (χ3n) is 13.9. The van der Waals surface area contributed by atoms with Crippen LogP contribution in [0.4, 0.5) is 0 Å². The summed E-state index contributed by atoms with van der Waals surface area (Å²) >= 11 is 0. The first-order chi connectivity index (χ1) is 29.7. The molecule has 2 aromatic heterocycles. The number of benzene rings is 7. The van der Waals surface area contributed by atoms with Gasteiger partial charge < -0.3 is 0 Å². The van der Waals surface area contributed by atoms with Gasteiger partial charge in [-0.25, -0.2) is 9.97 Å². The lowest BCUT2D eigenvalue weighted by molar-refractivity contribution is 0.784. The van der Waals surface area contributed by atoms with E-state index < -0.39 is 10.8 Å². The average molecular weight is 767 g/mol. The lowest BCUT2D eigenvalue weighted by Gasteiger charge is -2.32. The molecule has 4 aliphatic rings. The molecule has 0 N–H and O–H groups in total. The maximum absolute atomic E-state index is 5.03. The van der Waals surface area contributed by atoms with E-state index in [0.29, 0.717) is 0 Å². The Morgan fingerprint density at radius 2 is 0.783 bits per heavy atom. The highest BCUT2D eigenvalue weighted by Crippen LogP contribution is 2.64. The average Bonchev–Trinajstić information content (AvgIpc) is 4.16. The number of allylic oxidation sites excluding steroid dienone is 4. The summed E-state index contributed by atoms with van der Waals surface area (Å²) in [4.78, 5) is 10.1. The summed E-state index contributed by atoms with van der Waals surface area (Å²) in [6.07, 6.45) is 12.5. The third-order valence-corrected chi connectivity index (χ3v) is 13.9. The molecule has 4 heteroatoms. The molecule has 0 saturated heterocycles. The Labute approximate surface area is 349 Å². The number of nitrogens with zero attached hydrogens (tertiary/aromatic N) is 4. The fraction of sp³-hybridized carbons (Fsp3) is 0.0714. The first-order valence-corrected chi connectivity index (χ1v) is 20.9. The monoisotopic (exact) mass is 766 g/mol. The maximum atomic E-state index is 5.03. The van der Waals surface area contributed by atoms with Gasteiger partial charge in [-0.2, -0.15) is 0 Å². The van der Waals surface area contributed by atoms with E-state index in [1.165, 1.54) is 89.0 Å². The molecule has 60 heavy (non-hydrogen) atoms. The second-order valence-electron chi connectivity index (χ2n) is 16.5. The number of rotatable bonds is 4. The van der Waals surface area contributed by atoms with Gasteiger partial charge in [0, 0.05) is 36.2 Å². The first kappa shape index (κ1) is 33.4. The van der Waals surface area contributed by atoms with Crippen molar-refractivity contribution in [2.24, 2.45) is 0 Å². The summed E-state index contributed by atoms with van der Waals surface area (Å²) in [6, 6.07) is 58.7. The minimum atomic E-state index is -0.427. The summed E-state index contributed by atoms with van der Waals surface area (Å²) < 4.78 is 4.41. The van der Waals surface area contributed by atoms with Crippen molar-refractivity contribution in [3.05, 3.63) is 245 Å². The van der Waals surface area contributed by atoms with Crippen LogP contribution in [0.25, 0.3) is 62.0 Å². The van der Waals surface area contributed by atoms with Crippen LogP contribution in [0.1, 0.15) is 58.4 Å². The smallest absolute Gasteiger partial charge is 0.181 e. The van der Waals surface area contributed by atoms with Gasteiger partial charge in [0.2, 0.25) is 0 Å². The summed E-state index contributed by atoms with van der Waals surface area (Å²) in [5.74, 6) is 1.57. The Balaban J connectivity index is 0.983. The van der Waals surface area contributed by atoms with Crippen LogP contribution in [0, 0.1) is 0 Å². The first-order valence-electron chi connectivity index (χ1n) is 20.9. The minimum absolute atomic E-state index is 0.427. The normalized spacial score (nSPS) is 16.9. The molecule has 1 unspecified atom stereocenters. The van der Waals surface area contributed by atoms with E-state index in [-0.39, 0.29) is 0 Å². The van der Waals surface area contributed by atoms with Crippen LogP contribution < -0.4 is 0 Å². The molecule has 0 bridgehead atoms. The Hall–Kier alpha value is -7.56. The molecule has 7 aromatic carbocycles. The van der Waals surface area contributed by atoms with Crippen molar-refractivity contribution in [3.63, 3.8) is 0 Å². The maximum Gasteiger partial charge on any atom is 0.181 e. The van der Waals surface area contributed by atoms with Crippen molar-refractivity contribution in [2.75, 3.05) is 0 Å². The molecular weight excluding hydrogens is 729 g/mol. The fourth-order valence-corrected chi connectivity index (χ4v) is 11.7. The van der Waals surface area contributed by atoms with Crippen molar-refractivity contribution in [3.8, 4) is 56.4 Å². The second kappa shape index (κ2) is 12.0. The summed E-state index contributed by atoms with van der Waals surface area (Å²) in [5, 5.41) is 0. The van der Waals surface area contributed by atoms with Crippen molar-refractivity contribution in [1.82, 2.24) is 19.1 Å². The molecule has 282 valence electrons. The van der Waals surface area contributed by atoms with Gasteiger partial charge in [0.1, 0.15) is 0 Å². The van der Waals surface area contributed by atoms with Crippen molar-refractivity contribution in [2.45, 2.75) is 24.7 Å². The zero-order chi connectivity index (χ0) is 39.7. The molecule has 13 rings (SSSR count). The highest BCUT2D eigenvalue weighted by Gasteiger charge is 2.53. The van der Waals surface area contributed by atoms with Crippen LogP contribution in [-0.4, -0.2) is 19.1 Å². The highest BCUT2D eigenvalue weighted by atomic mass is 15.2. The molecule has 4 nitrogen and oxygen atoms in total. The van der Waals surface area contributed by atoms with Crippen LogP contribution >= 0.6 is 0 Å². The summed E-state index contributed by atoms with van der Waals surface area (Å²) in [6.45, 7) is 4.41. The highest BCUT2D eigenvalue weighted by molar-refractivity contribution is 5.97. The Bertz CT molecular complexity index is 3310. The molecule has 9 aromatic rings. The van der Waals surface area contributed by atoms with E-state index in [1.807, 2.05) is 12.4 Å². The van der Waals surface area contributed by atoms with E-state index >= 15 is 0 Å². The molecule has 0 aliphatic heterocycles. The zero-order valence-electron chi connectivity index (χ0n) is 33.3. The number of imidazole rings is 2. The van der Waals surface area contributed by atoms with Crippen LogP contribution in [-0.2, 0) is 10.8 Å². The van der Waals surface area contributed by atoms with Gasteiger partial charge in [-0.05, 0) is 127 Å². The Morgan fingerprint density at radius 1 is 0.417 bits per heavy atom. The van der Waals surface area contributed by atoms with Gasteiger partial charge in [0.05, 0.1) is 10.8 Å². The van der Waals surface area contributed by atoms with Crippen LogP contribution in [0.3, 0.4) is 0 Å². The molecule has 0 saturated carbocycles. The van der Waals surface area contributed by atoms with Crippen LogP contribution in [0.15, 0.2) is 200 Å². The van der Waals surface area contributed by atoms with Gasteiger partial charge in [-0.15, -0.1) is 0 Å². The van der Waals surface area contributed by atoms with Crippen molar-refractivity contribution >= 4 is 5.57 Å². The van der Waals surface area contributed by atoms with Gasteiger partial charge in [-0.3, -0.25) is 9.13 Å². The second-order valence-corrected chi connectivity index (χ2v) is 16.5. The third kappa shape index (κ3) is 3.96. The standard InChI is InChI=1S/C56H38N4/c1-3-14-45-35(2)38-15-4-9-20-46(38)55(45)47-21-10-7-18-41(47)43-27-25-36(33-51(43)55)59-31-29-57-53(59)54-58-30-32-60(54)37-26-28-44-42-19-8-13-24-50(42)56(52(44)34-37)48-22-11-5-16-39(48)40-17-6-12-23-49(40)56/h3-34H,1-2H3. The molecule has 2 spiro atoms. The number of hydrogen-bond acceptors (Lipinski definition) is 2. The van der Waals surface area contributed by atoms with E-state index in [2.05, 4.69) is 205 Å². The van der Waals surface area contributed by atoms with Gasteiger partial charge in [-0.1, -0.05) is 146 Å². The number of hydrogen-bond donors (Lipinski definition) is 0. The lowest BCUT2D eigenvalue weighted by atomic mass is 9.69. The number of aromatic nitrogens is 4. The quantitative estimate of drug-likeness (QED) is 0.179. The SMILES string of the molecule is CC=CC1=C(C)c2ccccc2C12c1ccccc1-c1ccc(-n3ccnc3-c3nccn3-c3ccc4c(c3)C3(c5ccccc5-c5ccccc53)c3ccccc3-4)cc12. The summed E-state index contributed by atoms with van der Waals surface area (Å²) in [5.41, 5.74) is 22.2. The largest absolute Gasteiger partial charge is 0.297 e. The topological polar surface area (TPSA) is 35.6 Å². The predicted octanol–water partition coefficient (Wildman–Crippen LogP) is 12.7. The van der Waals surface area contributed by atoms with Crippen LogP contribution in [0.2, 0.25) is 0 Å². The van der Waals surface area contributed by atoms with Crippen molar-refractivity contribution in [1.29, 1.82) is 0 Å². The van der Waals surface area contributed by atoms with E-state index in [9.17, 15) is 0 Å².